The number of ether oxygens (including phenoxy) is 2. The van der Waals surface area contributed by atoms with Gasteiger partial charge in [0, 0.05) is 46.8 Å². The minimum Gasteiger partial charge on any atom is -0.490 e. The van der Waals surface area contributed by atoms with Gasteiger partial charge >= 0.3 is 5.69 Å². The van der Waals surface area contributed by atoms with E-state index >= 15 is 0 Å². The van der Waals surface area contributed by atoms with Gasteiger partial charge in [0.2, 0.25) is 0 Å². The predicted molar refractivity (Wildman–Crippen MR) is 110 cm³/mol. The Morgan fingerprint density at radius 3 is 2.59 bits per heavy atom. The van der Waals surface area contributed by atoms with Gasteiger partial charge in [0.1, 0.15) is 0 Å². The number of nitrogens with zero attached hydrogens (tertiary/aromatic N) is 1. The fourth-order valence-corrected chi connectivity index (χ4v) is 4.16. The number of hydrogen-bond acceptors (Lipinski definition) is 5. The Balaban J connectivity index is 1.84. The molecule has 154 valence electrons. The predicted octanol–water partition coefficient (Wildman–Crippen LogP) is 4.39. The summed E-state index contributed by atoms with van der Waals surface area (Å²) in [6.45, 7) is 1.40. The van der Waals surface area contributed by atoms with Gasteiger partial charge in [-0.3, -0.25) is 14.9 Å². The Kier molecular flexibility index (Phi) is 6.62. The maximum absolute atomic E-state index is 12.7. The summed E-state index contributed by atoms with van der Waals surface area (Å²) in [6, 6.07) is 9.44. The van der Waals surface area contributed by atoms with Crippen LogP contribution in [0.1, 0.15) is 28.8 Å². The first-order valence-electron chi connectivity index (χ1n) is 9.00. The van der Waals surface area contributed by atoms with E-state index in [0.29, 0.717) is 42.6 Å². The zero-order valence-electron chi connectivity index (χ0n) is 15.7. The zero-order valence-corrected chi connectivity index (χ0v) is 17.3. The van der Waals surface area contributed by atoms with E-state index in [4.69, 9.17) is 32.7 Å². The Labute approximate surface area is 178 Å². The molecule has 0 aromatic heterocycles. The van der Waals surface area contributed by atoms with Crippen LogP contribution in [0.5, 0.6) is 5.75 Å². The van der Waals surface area contributed by atoms with Crippen LogP contribution in [0.4, 0.5) is 5.69 Å². The van der Waals surface area contributed by atoms with E-state index in [0.717, 1.165) is 5.56 Å². The molecule has 0 aliphatic carbocycles. The van der Waals surface area contributed by atoms with Crippen LogP contribution in [0.15, 0.2) is 36.4 Å². The lowest BCUT2D eigenvalue weighted by Gasteiger charge is -2.38. The lowest BCUT2D eigenvalue weighted by Crippen LogP contribution is -2.44. The molecule has 2 aromatic carbocycles. The van der Waals surface area contributed by atoms with Crippen molar-refractivity contribution in [1.82, 2.24) is 5.32 Å². The van der Waals surface area contributed by atoms with E-state index < -0.39 is 16.2 Å². The van der Waals surface area contributed by atoms with Crippen LogP contribution >= 0.6 is 23.2 Å². The van der Waals surface area contributed by atoms with Gasteiger partial charge in [-0.2, -0.15) is 0 Å². The molecule has 1 amide bonds. The van der Waals surface area contributed by atoms with Crippen molar-refractivity contribution in [3.63, 3.8) is 0 Å². The topological polar surface area (TPSA) is 90.7 Å². The number of nitro groups is 1. The zero-order chi connectivity index (χ0) is 21.0. The number of hydrogen-bond donors (Lipinski definition) is 1. The summed E-state index contributed by atoms with van der Waals surface area (Å²) < 4.78 is 10.5. The third kappa shape index (κ3) is 4.63. The van der Waals surface area contributed by atoms with Crippen LogP contribution in [0.3, 0.4) is 0 Å². The second kappa shape index (κ2) is 8.98. The molecule has 0 saturated carbocycles. The van der Waals surface area contributed by atoms with E-state index in [1.165, 1.54) is 25.3 Å². The van der Waals surface area contributed by atoms with Gasteiger partial charge in [0.05, 0.1) is 12.0 Å². The number of carbonyl (C=O) groups is 1. The van der Waals surface area contributed by atoms with Crippen molar-refractivity contribution < 1.29 is 19.2 Å². The maximum Gasteiger partial charge on any atom is 0.311 e. The minimum absolute atomic E-state index is 0.0976. The molecule has 1 aliphatic rings. The maximum atomic E-state index is 12.7. The Morgan fingerprint density at radius 1 is 1.24 bits per heavy atom. The number of amides is 1. The molecule has 0 atom stereocenters. The lowest BCUT2D eigenvalue weighted by atomic mass is 9.74. The average Bonchev–Trinajstić information content (AvgIpc) is 2.72. The third-order valence-corrected chi connectivity index (χ3v) is 5.73. The Morgan fingerprint density at radius 2 is 1.97 bits per heavy atom. The van der Waals surface area contributed by atoms with E-state index in [-0.39, 0.29) is 17.0 Å². The van der Waals surface area contributed by atoms with Gasteiger partial charge in [-0.05, 0) is 42.7 Å². The number of rotatable bonds is 6. The van der Waals surface area contributed by atoms with Crippen molar-refractivity contribution in [2.45, 2.75) is 18.3 Å². The molecule has 0 bridgehead atoms. The van der Waals surface area contributed by atoms with Gasteiger partial charge in [-0.1, -0.05) is 29.3 Å². The highest BCUT2D eigenvalue weighted by Gasteiger charge is 2.36. The van der Waals surface area contributed by atoms with Gasteiger partial charge in [0.15, 0.2) is 5.75 Å². The molecule has 1 saturated heterocycles. The fraction of sp³-hybridized carbons (Fsp3) is 0.350. The van der Waals surface area contributed by atoms with E-state index in [9.17, 15) is 14.9 Å². The standard InChI is InChI=1S/C20H20Cl2N2O5/c1-28-18-5-2-13(10-17(18)24(26)27)19(25)23-12-20(6-8-29-9-7-20)15-4-3-14(21)11-16(15)22/h2-5,10-11H,6-9,12H2,1H3,(H,23,25). The molecule has 7 nitrogen and oxygen atoms in total. The largest absolute Gasteiger partial charge is 0.490 e. The summed E-state index contributed by atoms with van der Waals surface area (Å²) in [4.78, 5) is 23.4. The third-order valence-electron chi connectivity index (χ3n) is 5.18. The molecule has 1 aliphatic heterocycles. The van der Waals surface area contributed by atoms with Gasteiger partial charge in [-0.15, -0.1) is 0 Å². The Bertz CT molecular complexity index is 929. The second-order valence-corrected chi connectivity index (χ2v) is 7.69. The van der Waals surface area contributed by atoms with Crippen molar-refractivity contribution in [1.29, 1.82) is 0 Å². The van der Waals surface area contributed by atoms with E-state index in [1.54, 1.807) is 12.1 Å². The summed E-state index contributed by atoms with van der Waals surface area (Å²) in [6.07, 6.45) is 1.36. The molecule has 0 radical (unpaired) electrons. The van der Waals surface area contributed by atoms with Crippen molar-refractivity contribution >= 4 is 34.8 Å². The van der Waals surface area contributed by atoms with E-state index in [2.05, 4.69) is 5.32 Å². The average molecular weight is 439 g/mol. The van der Waals surface area contributed by atoms with Gasteiger partial charge in [-0.25, -0.2) is 0 Å². The molecular formula is C20H20Cl2N2O5. The first-order valence-corrected chi connectivity index (χ1v) is 9.76. The number of carbonyl (C=O) groups excluding carboxylic acids is 1. The summed E-state index contributed by atoms with van der Waals surface area (Å²) in [5.41, 5.74) is 0.407. The van der Waals surface area contributed by atoms with Crippen molar-refractivity contribution in [3.8, 4) is 5.75 Å². The molecule has 0 spiro atoms. The van der Waals surface area contributed by atoms with Crippen molar-refractivity contribution in [2.75, 3.05) is 26.9 Å². The number of nitro benzene ring substituents is 1. The van der Waals surface area contributed by atoms with Crippen LogP contribution in [-0.4, -0.2) is 37.7 Å². The SMILES string of the molecule is COc1ccc(C(=O)NCC2(c3ccc(Cl)cc3Cl)CCOCC2)cc1[N+](=O)[O-]. The quantitative estimate of drug-likeness (QED) is 0.533. The number of methoxy groups -OCH3 is 1. The molecular weight excluding hydrogens is 419 g/mol. The van der Waals surface area contributed by atoms with Crippen LogP contribution in [0.25, 0.3) is 0 Å². The summed E-state index contributed by atoms with van der Waals surface area (Å²) >= 11 is 12.5. The van der Waals surface area contributed by atoms with Crippen LogP contribution in [0, 0.1) is 10.1 Å². The summed E-state index contributed by atoms with van der Waals surface area (Å²) in [5, 5.41) is 15.2. The first-order chi connectivity index (χ1) is 13.9. The van der Waals surface area contributed by atoms with Gasteiger partial charge < -0.3 is 14.8 Å². The minimum atomic E-state index is -0.580. The number of benzene rings is 2. The highest BCUT2D eigenvalue weighted by molar-refractivity contribution is 6.35. The molecule has 1 N–H and O–H groups in total. The highest BCUT2D eigenvalue weighted by Crippen LogP contribution is 2.39. The number of nitrogens with one attached hydrogen (secondary N) is 1. The normalized spacial score (nSPS) is 15.6. The molecule has 0 unspecified atom stereocenters. The molecule has 1 heterocycles. The van der Waals surface area contributed by atoms with Crippen LogP contribution in [0.2, 0.25) is 10.0 Å². The van der Waals surface area contributed by atoms with Crippen molar-refractivity contribution in [2.24, 2.45) is 0 Å². The second-order valence-electron chi connectivity index (χ2n) is 6.84. The number of halogens is 2. The van der Waals surface area contributed by atoms with Gasteiger partial charge in [0.25, 0.3) is 5.91 Å². The molecule has 9 heteroatoms. The van der Waals surface area contributed by atoms with Crippen molar-refractivity contribution in [3.05, 3.63) is 67.7 Å². The highest BCUT2D eigenvalue weighted by atomic mass is 35.5. The molecule has 3 rings (SSSR count). The lowest BCUT2D eigenvalue weighted by molar-refractivity contribution is -0.385. The molecule has 2 aromatic rings. The van der Waals surface area contributed by atoms with E-state index in [1.807, 2.05) is 6.07 Å². The molecule has 29 heavy (non-hydrogen) atoms. The van der Waals surface area contributed by atoms with Crippen LogP contribution in [-0.2, 0) is 10.2 Å². The monoisotopic (exact) mass is 438 g/mol. The smallest absolute Gasteiger partial charge is 0.311 e. The van der Waals surface area contributed by atoms with Crippen LogP contribution < -0.4 is 10.1 Å². The summed E-state index contributed by atoms with van der Waals surface area (Å²) in [7, 11) is 1.34. The Hall–Kier alpha value is -2.35. The summed E-state index contributed by atoms with van der Waals surface area (Å²) in [5.74, 6) is -0.313. The fourth-order valence-electron chi connectivity index (χ4n) is 3.55. The molecule has 1 fully saturated rings. The first kappa shape index (κ1) is 21.4.